The number of hydrogen-bond acceptors (Lipinski definition) is 6. The molecule has 184 valence electrons. The molecular weight excluding hydrogens is 456 g/mol. The molecule has 1 amide bonds. The van der Waals surface area contributed by atoms with E-state index in [0.29, 0.717) is 5.69 Å². The summed E-state index contributed by atoms with van der Waals surface area (Å²) in [6.07, 6.45) is 0. The van der Waals surface area contributed by atoms with Crippen LogP contribution in [0.1, 0.15) is 11.4 Å². The molecule has 9 nitrogen and oxygen atoms in total. The summed E-state index contributed by atoms with van der Waals surface area (Å²) in [6.45, 7) is 4.96. The van der Waals surface area contributed by atoms with Gasteiger partial charge in [-0.15, -0.1) is 0 Å². The van der Waals surface area contributed by atoms with Crippen LogP contribution in [0.25, 0.3) is 11.0 Å². The molecule has 0 atom stereocenters. The third-order valence-electron chi connectivity index (χ3n) is 6.46. The van der Waals surface area contributed by atoms with Crippen LogP contribution in [0.15, 0.2) is 78.9 Å². The van der Waals surface area contributed by atoms with Gasteiger partial charge in [0.25, 0.3) is 5.69 Å². The number of piperazine rings is 1. The average molecular weight is 485 g/mol. The van der Waals surface area contributed by atoms with Crippen LogP contribution in [0, 0.1) is 10.1 Å². The van der Waals surface area contributed by atoms with Gasteiger partial charge in [0, 0.05) is 50.5 Å². The third-order valence-corrected chi connectivity index (χ3v) is 6.46. The molecule has 36 heavy (non-hydrogen) atoms. The van der Waals surface area contributed by atoms with Crippen molar-refractivity contribution in [2.75, 3.05) is 38.0 Å². The van der Waals surface area contributed by atoms with E-state index < -0.39 is 4.92 Å². The number of carbonyl (C=O) groups is 1. The van der Waals surface area contributed by atoms with Crippen molar-refractivity contribution in [3.63, 3.8) is 0 Å². The maximum Gasteiger partial charge on any atom is 0.271 e. The number of benzene rings is 3. The number of non-ortho nitro benzene ring substituents is 1. The number of nitro groups is 1. The number of aromatic nitrogens is 2. The Labute approximate surface area is 209 Å². The van der Waals surface area contributed by atoms with E-state index in [1.807, 2.05) is 18.2 Å². The van der Waals surface area contributed by atoms with E-state index in [1.165, 1.54) is 17.7 Å². The molecule has 0 radical (unpaired) electrons. The summed E-state index contributed by atoms with van der Waals surface area (Å²) in [6, 6.07) is 24.7. The number of para-hydroxylation sites is 2. The maximum atomic E-state index is 12.5. The van der Waals surface area contributed by atoms with Crippen molar-refractivity contribution in [2.45, 2.75) is 13.1 Å². The number of hydrogen-bond donors (Lipinski definition) is 1. The molecule has 5 rings (SSSR count). The first kappa shape index (κ1) is 23.7. The Kier molecular flexibility index (Phi) is 7.01. The molecule has 4 aromatic rings. The van der Waals surface area contributed by atoms with Gasteiger partial charge in [-0.25, -0.2) is 4.98 Å². The molecule has 1 aliphatic rings. The smallest absolute Gasteiger partial charge is 0.271 e. The average Bonchev–Trinajstić information content (AvgIpc) is 3.22. The van der Waals surface area contributed by atoms with Crippen molar-refractivity contribution >= 4 is 28.3 Å². The van der Waals surface area contributed by atoms with Gasteiger partial charge in [0.15, 0.2) is 0 Å². The van der Waals surface area contributed by atoms with E-state index in [-0.39, 0.29) is 18.1 Å². The molecular formula is C27H28N6O3. The molecule has 1 N–H and O–H groups in total. The molecule has 1 aliphatic heterocycles. The van der Waals surface area contributed by atoms with Crippen LogP contribution < -0.4 is 5.32 Å². The van der Waals surface area contributed by atoms with Crippen LogP contribution in [-0.4, -0.2) is 62.9 Å². The molecule has 0 saturated carbocycles. The molecule has 3 aromatic carbocycles. The fourth-order valence-electron chi connectivity index (χ4n) is 4.59. The first-order valence-corrected chi connectivity index (χ1v) is 12.0. The molecule has 0 unspecified atom stereocenters. The highest BCUT2D eigenvalue weighted by Gasteiger charge is 2.21. The number of nitro benzene ring substituents is 1. The standard InChI is InChI=1S/C27H28N6O3/c34-27(28-22-9-6-10-23(17-22)33(35)36)20-31-15-13-30(14-16-31)19-26-29-24-11-4-5-12-25(24)32(26)18-21-7-2-1-3-8-21/h1-12,17H,13-16,18-20H2,(H,28,34). The van der Waals surface area contributed by atoms with E-state index in [4.69, 9.17) is 4.98 Å². The number of fused-ring (bicyclic) bond motifs is 1. The van der Waals surface area contributed by atoms with Gasteiger partial charge in [-0.2, -0.15) is 0 Å². The van der Waals surface area contributed by atoms with Crippen molar-refractivity contribution in [1.29, 1.82) is 0 Å². The van der Waals surface area contributed by atoms with Gasteiger partial charge in [-0.3, -0.25) is 24.7 Å². The van der Waals surface area contributed by atoms with E-state index in [1.54, 1.807) is 12.1 Å². The predicted octanol–water partition coefficient (Wildman–Crippen LogP) is 3.75. The molecule has 1 fully saturated rings. The lowest BCUT2D eigenvalue weighted by atomic mass is 10.2. The first-order valence-electron chi connectivity index (χ1n) is 12.0. The zero-order chi connectivity index (χ0) is 24.9. The Morgan fingerprint density at radius 2 is 1.61 bits per heavy atom. The van der Waals surface area contributed by atoms with Crippen molar-refractivity contribution in [3.8, 4) is 0 Å². The molecule has 1 aromatic heterocycles. The van der Waals surface area contributed by atoms with Gasteiger partial charge in [-0.1, -0.05) is 48.5 Å². The maximum absolute atomic E-state index is 12.5. The second-order valence-corrected chi connectivity index (χ2v) is 9.00. The Morgan fingerprint density at radius 3 is 2.39 bits per heavy atom. The second kappa shape index (κ2) is 10.7. The van der Waals surface area contributed by atoms with Crippen LogP contribution in [0.5, 0.6) is 0 Å². The fourth-order valence-corrected chi connectivity index (χ4v) is 4.59. The molecule has 0 bridgehead atoms. The monoisotopic (exact) mass is 484 g/mol. The molecule has 2 heterocycles. The molecule has 9 heteroatoms. The van der Waals surface area contributed by atoms with Gasteiger partial charge in [-0.05, 0) is 23.8 Å². The largest absolute Gasteiger partial charge is 0.325 e. The van der Waals surface area contributed by atoms with Crippen molar-refractivity contribution in [3.05, 3.63) is 100 Å². The predicted molar refractivity (Wildman–Crippen MR) is 139 cm³/mol. The van der Waals surface area contributed by atoms with Crippen LogP contribution in [-0.2, 0) is 17.9 Å². The zero-order valence-electron chi connectivity index (χ0n) is 19.9. The van der Waals surface area contributed by atoms with Crippen LogP contribution in [0.4, 0.5) is 11.4 Å². The van der Waals surface area contributed by atoms with E-state index >= 15 is 0 Å². The number of nitrogens with zero attached hydrogens (tertiary/aromatic N) is 5. The summed E-state index contributed by atoms with van der Waals surface area (Å²) >= 11 is 0. The Hall–Kier alpha value is -4.08. The summed E-state index contributed by atoms with van der Waals surface area (Å²) in [5.41, 5.74) is 3.76. The molecule has 0 aliphatic carbocycles. The summed E-state index contributed by atoms with van der Waals surface area (Å²) in [5, 5.41) is 13.7. The Morgan fingerprint density at radius 1 is 0.889 bits per heavy atom. The highest BCUT2D eigenvalue weighted by Crippen LogP contribution is 2.20. The normalized spacial score (nSPS) is 14.7. The summed E-state index contributed by atoms with van der Waals surface area (Å²) < 4.78 is 2.30. The minimum Gasteiger partial charge on any atom is -0.325 e. The molecule has 1 saturated heterocycles. The number of carbonyl (C=O) groups excluding carboxylic acids is 1. The van der Waals surface area contributed by atoms with E-state index in [9.17, 15) is 14.9 Å². The SMILES string of the molecule is O=C(CN1CCN(Cc2nc3ccccc3n2Cc2ccccc2)CC1)Nc1cccc([N+](=O)[O-])c1. The number of imidazole rings is 1. The van der Waals surface area contributed by atoms with E-state index in [0.717, 1.165) is 56.1 Å². The second-order valence-electron chi connectivity index (χ2n) is 9.00. The quantitative estimate of drug-likeness (QED) is 0.302. The van der Waals surface area contributed by atoms with Crippen molar-refractivity contribution in [2.24, 2.45) is 0 Å². The lowest BCUT2D eigenvalue weighted by Crippen LogP contribution is -2.48. The van der Waals surface area contributed by atoms with Crippen LogP contribution >= 0.6 is 0 Å². The fraction of sp³-hybridized carbons (Fsp3) is 0.259. The minimum atomic E-state index is -0.469. The number of nitrogens with one attached hydrogen (secondary N) is 1. The zero-order valence-corrected chi connectivity index (χ0v) is 19.9. The van der Waals surface area contributed by atoms with E-state index in [2.05, 4.69) is 56.1 Å². The summed E-state index contributed by atoms with van der Waals surface area (Å²) in [7, 11) is 0. The van der Waals surface area contributed by atoms with Crippen LogP contribution in [0.3, 0.4) is 0 Å². The van der Waals surface area contributed by atoms with Gasteiger partial charge >= 0.3 is 0 Å². The van der Waals surface area contributed by atoms with Gasteiger partial charge < -0.3 is 9.88 Å². The Bertz CT molecular complexity index is 1360. The Balaban J connectivity index is 1.19. The lowest BCUT2D eigenvalue weighted by molar-refractivity contribution is -0.384. The van der Waals surface area contributed by atoms with Crippen LogP contribution in [0.2, 0.25) is 0 Å². The highest BCUT2D eigenvalue weighted by atomic mass is 16.6. The number of anilines is 1. The first-order chi connectivity index (χ1) is 17.5. The third kappa shape index (κ3) is 5.59. The minimum absolute atomic E-state index is 0.0419. The lowest BCUT2D eigenvalue weighted by Gasteiger charge is -2.34. The van der Waals surface area contributed by atoms with Crippen molar-refractivity contribution in [1.82, 2.24) is 19.4 Å². The van der Waals surface area contributed by atoms with Gasteiger partial charge in [0.05, 0.1) is 29.0 Å². The van der Waals surface area contributed by atoms with Crippen molar-refractivity contribution < 1.29 is 9.72 Å². The number of amides is 1. The number of rotatable bonds is 8. The topological polar surface area (TPSA) is 96.5 Å². The molecule has 0 spiro atoms. The van der Waals surface area contributed by atoms with Gasteiger partial charge in [0.2, 0.25) is 5.91 Å². The summed E-state index contributed by atoms with van der Waals surface area (Å²) in [5.74, 6) is 0.866. The summed E-state index contributed by atoms with van der Waals surface area (Å²) in [4.78, 5) is 32.4. The van der Waals surface area contributed by atoms with Gasteiger partial charge in [0.1, 0.15) is 5.82 Å². The highest BCUT2D eigenvalue weighted by molar-refractivity contribution is 5.92.